The van der Waals surface area contributed by atoms with Gasteiger partial charge >= 0.3 is 0 Å². The molecule has 0 radical (unpaired) electrons. The Kier molecular flexibility index (Phi) is 5.89. The zero-order valence-corrected chi connectivity index (χ0v) is 15.2. The van der Waals surface area contributed by atoms with E-state index in [1.54, 1.807) is 17.0 Å². The molecular formula is C20H20ClFN2O2. The number of carbonyl (C=O) groups excluding carboxylic acids is 1. The number of benzene rings is 2. The van der Waals surface area contributed by atoms with Crippen LogP contribution < -0.4 is 0 Å². The highest BCUT2D eigenvalue weighted by Crippen LogP contribution is 2.20. The summed E-state index contributed by atoms with van der Waals surface area (Å²) in [6.07, 6.45) is 0.828. The number of oxime groups is 1. The average Bonchev–Trinajstić information content (AvgIpc) is 3.11. The maximum atomic E-state index is 13.1. The third-order valence-corrected chi connectivity index (χ3v) is 4.53. The van der Waals surface area contributed by atoms with Gasteiger partial charge in [-0.2, -0.15) is 0 Å². The molecule has 1 unspecified atom stereocenters. The highest BCUT2D eigenvalue weighted by atomic mass is 35.5. The fraction of sp³-hybridized carbons (Fsp3) is 0.300. The Labute approximate surface area is 157 Å². The molecule has 3 rings (SSSR count). The van der Waals surface area contributed by atoms with Gasteiger partial charge in [0, 0.05) is 24.4 Å². The topological polar surface area (TPSA) is 41.9 Å². The van der Waals surface area contributed by atoms with Crippen LogP contribution in [0.3, 0.4) is 0 Å². The molecule has 0 aliphatic carbocycles. The summed E-state index contributed by atoms with van der Waals surface area (Å²) in [5.41, 5.74) is 2.69. The van der Waals surface area contributed by atoms with E-state index < -0.39 is 0 Å². The van der Waals surface area contributed by atoms with E-state index in [1.165, 1.54) is 12.1 Å². The van der Waals surface area contributed by atoms with Gasteiger partial charge in [0.15, 0.2) is 6.10 Å². The monoisotopic (exact) mass is 374 g/mol. The van der Waals surface area contributed by atoms with Crippen molar-refractivity contribution in [3.63, 3.8) is 0 Å². The molecule has 0 saturated heterocycles. The van der Waals surface area contributed by atoms with Gasteiger partial charge in [-0.1, -0.05) is 47.9 Å². The predicted octanol–water partition coefficient (Wildman–Crippen LogP) is 4.41. The van der Waals surface area contributed by atoms with E-state index in [2.05, 4.69) is 5.16 Å². The lowest BCUT2D eigenvalue weighted by Crippen LogP contribution is -2.36. The molecule has 1 amide bonds. The minimum atomic E-state index is -0.290. The fourth-order valence-electron chi connectivity index (χ4n) is 2.87. The minimum absolute atomic E-state index is 0.0258. The molecule has 2 aromatic rings. The van der Waals surface area contributed by atoms with Crippen molar-refractivity contribution in [3.05, 3.63) is 70.5 Å². The molecule has 1 aliphatic rings. The van der Waals surface area contributed by atoms with E-state index in [9.17, 15) is 9.18 Å². The Morgan fingerprint density at radius 1 is 1.23 bits per heavy atom. The molecule has 2 aromatic carbocycles. The lowest BCUT2D eigenvalue weighted by atomic mass is 10.0. The molecule has 0 N–H and O–H groups in total. The summed E-state index contributed by atoms with van der Waals surface area (Å²) >= 11 is 5.91. The summed E-state index contributed by atoms with van der Waals surface area (Å²) in [6, 6.07) is 13.6. The number of hydrogen-bond acceptors (Lipinski definition) is 3. The predicted molar refractivity (Wildman–Crippen MR) is 99.6 cm³/mol. The van der Waals surface area contributed by atoms with Crippen LogP contribution in [0.4, 0.5) is 4.39 Å². The summed E-state index contributed by atoms with van der Waals surface area (Å²) in [4.78, 5) is 19.6. The fourth-order valence-corrected chi connectivity index (χ4v) is 3.00. The van der Waals surface area contributed by atoms with Crippen LogP contribution in [0.15, 0.2) is 53.7 Å². The summed E-state index contributed by atoms with van der Waals surface area (Å²) in [6.45, 7) is 2.68. The molecule has 4 nitrogen and oxygen atoms in total. The Hall–Kier alpha value is -2.40. The van der Waals surface area contributed by atoms with Crippen molar-refractivity contribution >= 4 is 23.2 Å². The largest absolute Gasteiger partial charge is 0.390 e. The Morgan fingerprint density at radius 3 is 2.58 bits per heavy atom. The molecule has 0 saturated carbocycles. The molecule has 1 atom stereocenters. The van der Waals surface area contributed by atoms with Crippen LogP contribution in [0.2, 0.25) is 5.02 Å². The van der Waals surface area contributed by atoms with Crippen molar-refractivity contribution in [2.45, 2.75) is 32.4 Å². The Morgan fingerprint density at radius 2 is 1.92 bits per heavy atom. The lowest BCUT2D eigenvalue weighted by Gasteiger charge is -2.24. The molecule has 0 fully saturated rings. The van der Waals surface area contributed by atoms with Gasteiger partial charge in [0.1, 0.15) is 5.82 Å². The molecule has 0 aromatic heterocycles. The zero-order valence-electron chi connectivity index (χ0n) is 14.5. The van der Waals surface area contributed by atoms with Crippen LogP contribution in [0.1, 0.15) is 30.9 Å². The maximum Gasteiger partial charge on any atom is 0.222 e. The van der Waals surface area contributed by atoms with Gasteiger partial charge in [0.05, 0.1) is 12.3 Å². The van der Waals surface area contributed by atoms with E-state index >= 15 is 0 Å². The van der Waals surface area contributed by atoms with Crippen molar-refractivity contribution in [1.82, 2.24) is 4.90 Å². The van der Waals surface area contributed by atoms with Crippen LogP contribution in [-0.2, 0) is 16.2 Å². The van der Waals surface area contributed by atoms with Crippen LogP contribution in [-0.4, -0.2) is 29.2 Å². The molecular weight excluding hydrogens is 355 g/mol. The molecule has 136 valence electrons. The molecule has 1 aliphatic heterocycles. The van der Waals surface area contributed by atoms with Crippen LogP contribution in [0, 0.1) is 5.82 Å². The number of halogens is 2. The summed E-state index contributed by atoms with van der Waals surface area (Å²) in [7, 11) is 0. The summed E-state index contributed by atoms with van der Waals surface area (Å²) < 4.78 is 13.1. The standard InChI is InChI=1S/C20H20ClFN2O2/c1-2-20(25)24(12-14-3-9-17(22)10-4-14)13-18-11-19(23-26-18)15-5-7-16(21)8-6-15/h3-10,18H,2,11-13H2,1H3. The number of rotatable bonds is 6. The zero-order chi connectivity index (χ0) is 18.5. The van der Waals surface area contributed by atoms with Crippen molar-refractivity contribution in [1.29, 1.82) is 0 Å². The van der Waals surface area contributed by atoms with E-state index in [0.29, 0.717) is 31.0 Å². The maximum absolute atomic E-state index is 13.1. The van der Waals surface area contributed by atoms with E-state index in [0.717, 1.165) is 16.8 Å². The Balaban J connectivity index is 1.63. The van der Waals surface area contributed by atoms with Gasteiger partial charge < -0.3 is 9.74 Å². The van der Waals surface area contributed by atoms with Crippen molar-refractivity contribution in [2.24, 2.45) is 5.16 Å². The lowest BCUT2D eigenvalue weighted by molar-refractivity contribution is -0.133. The van der Waals surface area contributed by atoms with Crippen LogP contribution in [0.25, 0.3) is 0 Å². The molecule has 0 spiro atoms. The number of nitrogens with zero attached hydrogens (tertiary/aromatic N) is 2. The summed E-state index contributed by atoms with van der Waals surface area (Å²) in [5, 5.41) is 4.83. The van der Waals surface area contributed by atoms with Crippen molar-refractivity contribution < 1.29 is 14.0 Å². The minimum Gasteiger partial charge on any atom is -0.390 e. The second-order valence-corrected chi connectivity index (χ2v) is 6.67. The first-order valence-corrected chi connectivity index (χ1v) is 8.93. The first-order chi connectivity index (χ1) is 12.5. The van der Waals surface area contributed by atoms with Gasteiger partial charge in [0.2, 0.25) is 5.91 Å². The summed E-state index contributed by atoms with van der Waals surface area (Å²) in [5.74, 6) is -0.264. The third kappa shape index (κ3) is 4.61. The molecule has 0 bridgehead atoms. The first kappa shape index (κ1) is 18.4. The number of hydrogen-bond donors (Lipinski definition) is 0. The Bertz CT molecular complexity index is 790. The van der Waals surface area contributed by atoms with Crippen LogP contribution >= 0.6 is 11.6 Å². The normalized spacial score (nSPS) is 16.1. The molecule has 6 heteroatoms. The smallest absolute Gasteiger partial charge is 0.222 e. The van der Waals surface area contributed by atoms with Crippen molar-refractivity contribution in [3.8, 4) is 0 Å². The third-order valence-electron chi connectivity index (χ3n) is 4.28. The van der Waals surface area contributed by atoms with Crippen LogP contribution in [0.5, 0.6) is 0 Å². The number of carbonyl (C=O) groups is 1. The van der Waals surface area contributed by atoms with E-state index in [1.807, 2.05) is 31.2 Å². The van der Waals surface area contributed by atoms with Crippen molar-refractivity contribution in [2.75, 3.05) is 6.54 Å². The average molecular weight is 375 g/mol. The second kappa shape index (κ2) is 8.32. The van der Waals surface area contributed by atoms with Gasteiger partial charge in [-0.25, -0.2) is 4.39 Å². The van der Waals surface area contributed by atoms with Gasteiger partial charge in [0.25, 0.3) is 0 Å². The highest BCUT2D eigenvalue weighted by molar-refractivity contribution is 6.30. The first-order valence-electron chi connectivity index (χ1n) is 8.56. The molecule has 1 heterocycles. The van der Waals surface area contributed by atoms with E-state index in [-0.39, 0.29) is 17.8 Å². The van der Waals surface area contributed by atoms with Gasteiger partial charge in [-0.3, -0.25) is 4.79 Å². The van der Waals surface area contributed by atoms with E-state index in [4.69, 9.17) is 16.4 Å². The SMILES string of the molecule is CCC(=O)N(Cc1ccc(F)cc1)CC1CC(c2ccc(Cl)cc2)=NO1. The second-order valence-electron chi connectivity index (χ2n) is 6.23. The molecule has 26 heavy (non-hydrogen) atoms. The van der Waals surface area contributed by atoms with Gasteiger partial charge in [-0.05, 0) is 35.4 Å². The number of amides is 1. The quantitative estimate of drug-likeness (QED) is 0.751. The van der Waals surface area contributed by atoms with Gasteiger partial charge in [-0.15, -0.1) is 0 Å². The highest BCUT2D eigenvalue weighted by Gasteiger charge is 2.26.